The molecule has 0 saturated carbocycles. The van der Waals surface area contributed by atoms with Crippen LogP contribution in [0, 0.1) is 0 Å². The minimum Gasteiger partial charge on any atom is -0.375 e. The number of hydrogen-bond donors (Lipinski definition) is 2. The van der Waals surface area contributed by atoms with Crippen molar-refractivity contribution in [1.29, 1.82) is 0 Å². The molecule has 2 N–H and O–H groups in total. The Hall–Kier alpha value is -2.28. The molecule has 1 aliphatic rings. The van der Waals surface area contributed by atoms with E-state index in [1.807, 2.05) is 35.2 Å². The summed E-state index contributed by atoms with van der Waals surface area (Å²) in [6.45, 7) is 1.29. The number of rotatable bonds is 9. The first-order chi connectivity index (χ1) is 15.3. The molecule has 0 aliphatic carbocycles. The van der Waals surface area contributed by atoms with E-state index >= 15 is 0 Å². The smallest absolute Gasteiger partial charge is 0.282 e. The molecule has 1 amide bonds. The van der Waals surface area contributed by atoms with E-state index in [4.69, 9.17) is 21.5 Å². The van der Waals surface area contributed by atoms with E-state index in [9.17, 15) is 13.2 Å². The number of piperazine rings is 1. The highest BCUT2D eigenvalue weighted by Crippen LogP contribution is 2.19. The molecule has 1 fully saturated rings. The fourth-order valence-electron chi connectivity index (χ4n) is 3.33. The van der Waals surface area contributed by atoms with Crippen LogP contribution in [0.5, 0.6) is 0 Å². The lowest BCUT2D eigenvalue weighted by molar-refractivity contribution is -0.135. The van der Waals surface area contributed by atoms with Gasteiger partial charge in [-0.1, -0.05) is 41.9 Å². The van der Waals surface area contributed by atoms with E-state index in [0.29, 0.717) is 23.9 Å². The van der Waals surface area contributed by atoms with Gasteiger partial charge in [0.25, 0.3) is 16.1 Å². The molecule has 3 rings (SSSR count). The van der Waals surface area contributed by atoms with E-state index in [0.717, 1.165) is 9.87 Å². The van der Waals surface area contributed by atoms with Gasteiger partial charge in [-0.3, -0.25) is 10.0 Å². The fourth-order valence-corrected chi connectivity index (χ4v) is 4.91. The largest absolute Gasteiger partial charge is 0.375 e. The molecule has 1 saturated heterocycles. The predicted octanol–water partition coefficient (Wildman–Crippen LogP) is 1.12. The Bertz CT molecular complexity index is 985. The van der Waals surface area contributed by atoms with E-state index in [2.05, 4.69) is 4.98 Å². The number of nitrogens with zero attached hydrogens (tertiary/aromatic N) is 4. The molecule has 0 spiro atoms. The van der Waals surface area contributed by atoms with Gasteiger partial charge in [0, 0.05) is 39.4 Å². The predicted molar refractivity (Wildman–Crippen MR) is 120 cm³/mol. The zero-order valence-corrected chi connectivity index (χ0v) is 19.2. The summed E-state index contributed by atoms with van der Waals surface area (Å²) in [6.07, 6.45) is 1.54. The highest BCUT2D eigenvalue weighted by molar-refractivity contribution is 7.86. The van der Waals surface area contributed by atoms with Crippen LogP contribution in [0.2, 0.25) is 5.02 Å². The summed E-state index contributed by atoms with van der Waals surface area (Å²) in [4.78, 5) is 18.4. The van der Waals surface area contributed by atoms with Crippen LogP contribution in [0.3, 0.4) is 0 Å². The van der Waals surface area contributed by atoms with Crippen molar-refractivity contribution < 1.29 is 23.2 Å². The normalized spacial score (nSPS) is 16.2. The van der Waals surface area contributed by atoms with Crippen molar-refractivity contribution in [2.75, 3.05) is 44.7 Å². The third kappa shape index (κ3) is 5.94. The number of amides is 1. The summed E-state index contributed by atoms with van der Waals surface area (Å²) in [5.74, 6) is -0.153. The topological polar surface area (TPSA) is 115 Å². The SMILES string of the molecule is CN([C@H](COCc1ccccc1)C(=O)NO)S(=O)(=O)N1CCN(c2ccc(Cl)cn2)CC1. The highest BCUT2D eigenvalue weighted by Gasteiger charge is 2.37. The number of aromatic nitrogens is 1. The molecule has 1 atom stereocenters. The fraction of sp³-hybridized carbons (Fsp3) is 0.400. The number of hydroxylamine groups is 1. The lowest BCUT2D eigenvalue weighted by Gasteiger charge is -2.37. The van der Waals surface area contributed by atoms with Crippen molar-refractivity contribution in [3.05, 3.63) is 59.2 Å². The summed E-state index contributed by atoms with van der Waals surface area (Å²) in [5, 5.41) is 9.64. The van der Waals surface area contributed by atoms with Crippen LogP contribution in [0.1, 0.15) is 5.56 Å². The zero-order chi connectivity index (χ0) is 23.1. The Labute approximate surface area is 192 Å². The van der Waals surface area contributed by atoms with Gasteiger partial charge < -0.3 is 9.64 Å². The minimum absolute atomic E-state index is 0.205. The number of carbonyl (C=O) groups is 1. The van der Waals surface area contributed by atoms with Gasteiger partial charge in [0.2, 0.25) is 0 Å². The van der Waals surface area contributed by atoms with Crippen molar-refractivity contribution >= 4 is 33.5 Å². The van der Waals surface area contributed by atoms with Crippen LogP contribution in [0.25, 0.3) is 0 Å². The van der Waals surface area contributed by atoms with Gasteiger partial charge in [0.15, 0.2) is 0 Å². The number of carbonyl (C=O) groups excluding carboxylic acids is 1. The first kappa shape index (κ1) is 24.4. The standard InChI is InChI=1S/C20H26ClN5O5S/c1-24(18(20(27)23-28)15-31-14-16-5-3-2-4-6-16)32(29,30)26-11-9-25(10-12-26)19-8-7-17(21)13-22-19/h2-8,13,18,28H,9-12,14-15H2,1H3,(H,23,27)/t18-/m1/s1. The van der Waals surface area contributed by atoms with Crippen LogP contribution in [0.4, 0.5) is 5.82 Å². The van der Waals surface area contributed by atoms with Gasteiger partial charge in [-0.05, 0) is 17.7 Å². The average molecular weight is 484 g/mol. The lowest BCUT2D eigenvalue weighted by atomic mass is 10.2. The average Bonchev–Trinajstić information content (AvgIpc) is 2.82. The summed E-state index contributed by atoms with van der Waals surface area (Å²) < 4.78 is 34.1. The van der Waals surface area contributed by atoms with Crippen LogP contribution >= 0.6 is 11.6 Å². The minimum atomic E-state index is -3.98. The zero-order valence-electron chi connectivity index (χ0n) is 17.6. The number of hydrogen-bond acceptors (Lipinski definition) is 7. The Morgan fingerprint density at radius 2 is 1.91 bits per heavy atom. The highest BCUT2D eigenvalue weighted by atomic mass is 35.5. The van der Waals surface area contributed by atoms with Crippen LogP contribution in [-0.4, -0.2) is 79.0 Å². The monoisotopic (exact) mass is 483 g/mol. The van der Waals surface area contributed by atoms with Gasteiger partial charge >= 0.3 is 0 Å². The molecule has 2 heterocycles. The molecule has 12 heteroatoms. The maximum atomic E-state index is 13.2. The summed E-state index contributed by atoms with van der Waals surface area (Å²) >= 11 is 5.87. The quantitative estimate of drug-likeness (QED) is 0.405. The van der Waals surface area contributed by atoms with E-state index in [1.54, 1.807) is 18.3 Å². The summed E-state index contributed by atoms with van der Waals surface area (Å²) in [5.41, 5.74) is 2.41. The molecule has 1 aromatic heterocycles. The molecule has 0 radical (unpaired) electrons. The number of nitrogens with one attached hydrogen (secondary N) is 1. The number of pyridine rings is 1. The van der Waals surface area contributed by atoms with E-state index < -0.39 is 22.2 Å². The third-order valence-electron chi connectivity index (χ3n) is 5.20. The Morgan fingerprint density at radius 1 is 1.22 bits per heavy atom. The Morgan fingerprint density at radius 3 is 2.50 bits per heavy atom. The second kappa shape index (κ2) is 11.0. The molecule has 0 unspecified atom stereocenters. The van der Waals surface area contributed by atoms with Crippen molar-refractivity contribution in [3.8, 4) is 0 Å². The molecule has 2 aromatic rings. The first-order valence-corrected chi connectivity index (χ1v) is 11.8. The summed E-state index contributed by atoms with van der Waals surface area (Å²) in [7, 11) is -2.68. The first-order valence-electron chi connectivity index (χ1n) is 9.98. The molecule has 174 valence electrons. The summed E-state index contributed by atoms with van der Waals surface area (Å²) in [6, 6.07) is 11.6. The van der Waals surface area contributed by atoms with Crippen LogP contribution in [-0.2, 0) is 26.3 Å². The van der Waals surface area contributed by atoms with Crippen molar-refractivity contribution in [1.82, 2.24) is 19.1 Å². The molecule has 32 heavy (non-hydrogen) atoms. The number of benzene rings is 1. The van der Waals surface area contributed by atoms with Gasteiger partial charge in [-0.25, -0.2) is 10.5 Å². The van der Waals surface area contributed by atoms with Crippen molar-refractivity contribution in [2.24, 2.45) is 0 Å². The van der Waals surface area contributed by atoms with Crippen molar-refractivity contribution in [3.63, 3.8) is 0 Å². The van der Waals surface area contributed by atoms with Crippen molar-refractivity contribution in [2.45, 2.75) is 12.6 Å². The van der Waals surface area contributed by atoms with Crippen LogP contribution in [0.15, 0.2) is 48.7 Å². The molecule has 1 aliphatic heterocycles. The maximum absolute atomic E-state index is 13.2. The lowest BCUT2D eigenvalue weighted by Crippen LogP contribution is -2.57. The van der Waals surface area contributed by atoms with E-state index in [-0.39, 0.29) is 26.3 Å². The Balaban J connectivity index is 1.62. The Kier molecular flexibility index (Phi) is 8.40. The second-order valence-corrected chi connectivity index (χ2v) is 9.66. The molecule has 10 nitrogen and oxygen atoms in total. The van der Waals surface area contributed by atoms with Gasteiger partial charge in [-0.15, -0.1) is 0 Å². The molecule has 0 bridgehead atoms. The van der Waals surface area contributed by atoms with Crippen LogP contribution < -0.4 is 10.4 Å². The van der Waals surface area contributed by atoms with Gasteiger partial charge in [0.05, 0.1) is 18.2 Å². The van der Waals surface area contributed by atoms with Gasteiger partial charge in [-0.2, -0.15) is 17.0 Å². The number of likely N-dealkylation sites (N-methyl/N-ethyl adjacent to an activating group) is 1. The molecular weight excluding hydrogens is 458 g/mol. The molecular formula is C20H26ClN5O5S. The number of anilines is 1. The van der Waals surface area contributed by atoms with Gasteiger partial charge in [0.1, 0.15) is 11.9 Å². The third-order valence-corrected chi connectivity index (χ3v) is 7.43. The second-order valence-electron chi connectivity index (χ2n) is 7.24. The number of halogens is 1. The maximum Gasteiger partial charge on any atom is 0.282 e. The van der Waals surface area contributed by atoms with E-state index in [1.165, 1.54) is 16.8 Å². The number of ether oxygens (including phenoxy) is 1. The molecule has 1 aromatic carbocycles.